The molecule has 2 nitrogen and oxygen atoms in total. The van der Waals surface area contributed by atoms with E-state index in [1.165, 1.54) is 6.26 Å². The predicted molar refractivity (Wildman–Crippen MR) is 58.1 cm³/mol. The Morgan fingerprint density at radius 1 is 1.07 bits per heavy atom. The van der Waals surface area contributed by atoms with Crippen molar-refractivity contribution < 1.29 is 9.21 Å². The Labute approximate surface area is 88.5 Å². The van der Waals surface area contributed by atoms with E-state index in [1.54, 1.807) is 6.07 Å². The Kier molecular flexibility index (Phi) is 2.42. The standard InChI is InChI=1S/C13H12O2/c1-9-3-5-11(6-4-9)12(14)13-10(2)7-8-15-13/h3-8H,1-2H3. The summed E-state index contributed by atoms with van der Waals surface area (Å²) in [5, 5.41) is 0. The SMILES string of the molecule is Cc1ccc(C(=O)c2occc2C)cc1. The minimum absolute atomic E-state index is 0.0579. The van der Waals surface area contributed by atoms with Gasteiger partial charge >= 0.3 is 0 Å². The van der Waals surface area contributed by atoms with E-state index in [9.17, 15) is 4.79 Å². The summed E-state index contributed by atoms with van der Waals surface area (Å²) in [5.41, 5.74) is 2.68. The molecule has 0 aliphatic carbocycles. The van der Waals surface area contributed by atoms with Crippen molar-refractivity contribution in [2.45, 2.75) is 13.8 Å². The number of rotatable bonds is 2. The lowest BCUT2D eigenvalue weighted by Crippen LogP contribution is -2.01. The average molecular weight is 200 g/mol. The van der Waals surface area contributed by atoms with Gasteiger partial charge in [-0.05, 0) is 25.5 Å². The predicted octanol–water partition coefficient (Wildman–Crippen LogP) is 3.13. The molecule has 0 fully saturated rings. The topological polar surface area (TPSA) is 30.2 Å². The zero-order valence-electron chi connectivity index (χ0n) is 8.78. The molecule has 0 bridgehead atoms. The van der Waals surface area contributed by atoms with Gasteiger partial charge < -0.3 is 4.42 Å². The van der Waals surface area contributed by atoms with E-state index in [4.69, 9.17) is 4.42 Å². The molecule has 0 unspecified atom stereocenters. The first-order chi connectivity index (χ1) is 7.18. The minimum Gasteiger partial charge on any atom is -0.461 e. The van der Waals surface area contributed by atoms with Gasteiger partial charge in [-0.1, -0.05) is 29.8 Å². The van der Waals surface area contributed by atoms with Crippen LogP contribution in [-0.2, 0) is 0 Å². The van der Waals surface area contributed by atoms with Crippen molar-refractivity contribution in [2.24, 2.45) is 0 Å². The highest BCUT2D eigenvalue weighted by Gasteiger charge is 2.14. The monoisotopic (exact) mass is 200 g/mol. The second-order valence-electron chi connectivity index (χ2n) is 3.63. The fourth-order valence-corrected chi connectivity index (χ4v) is 1.44. The van der Waals surface area contributed by atoms with Crippen LogP contribution in [0, 0.1) is 13.8 Å². The number of ketones is 1. The van der Waals surface area contributed by atoms with Crippen molar-refractivity contribution in [3.05, 3.63) is 59.0 Å². The van der Waals surface area contributed by atoms with Crippen molar-refractivity contribution in [3.8, 4) is 0 Å². The molecule has 0 atom stereocenters. The number of hydrogen-bond acceptors (Lipinski definition) is 2. The molecule has 0 spiro atoms. The molecule has 0 saturated carbocycles. The fraction of sp³-hybridized carbons (Fsp3) is 0.154. The number of furan rings is 1. The van der Waals surface area contributed by atoms with E-state index in [2.05, 4.69) is 0 Å². The quantitative estimate of drug-likeness (QED) is 0.697. The molecule has 1 aromatic heterocycles. The van der Waals surface area contributed by atoms with Crippen molar-refractivity contribution in [1.29, 1.82) is 0 Å². The van der Waals surface area contributed by atoms with E-state index in [1.807, 2.05) is 38.1 Å². The highest BCUT2D eigenvalue weighted by molar-refractivity contribution is 6.07. The van der Waals surface area contributed by atoms with Gasteiger partial charge in [0.25, 0.3) is 0 Å². The molecule has 0 radical (unpaired) electrons. The van der Waals surface area contributed by atoms with Crippen LogP contribution in [0.2, 0.25) is 0 Å². The highest BCUT2D eigenvalue weighted by atomic mass is 16.3. The smallest absolute Gasteiger partial charge is 0.228 e. The number of hydrogen-bond donors (Lipinski definition) is 0. The van der Waals surface area contributed by atoms with Gasteiger partial charge in [0.05, 0.1) is 6.26 Å². The molecule has 0 N–H and O–H groups in total. The Morgan fingerprint density at radius 2 is 1.73 bits per heavy atom. The van der Waals surface area contributed by atoms with Crippen molar-refractivity contribution in [2.75, 3.05) is 0 Å². The highest BCUT2D eigenvalue weighted by Crippen LogP contribution is 2.15. The van der Waals surface area contributed by atoms with Gasteiger partial charge in [0, 0.05) is 5.56 Å². The largest absolute Gasteiger partial charge is 0.461 e. The first-order valence-electron chi connectivity index (χ1n) is 4.84. The third-order valence-corrected chi connectivity index (χ3v) is 2.38. The van der Waals surface area contributed by atoms with Crippen LogP contribution in [0.15, 0.2) is 41.0 Å². The van der Waals surface area contributed by atoms with Crippen LogP contribution >= 0.6 is 0 Å². The molecule has 76 valence electrons. The Hall–Kier alpha value is -1.83. The van der Waals surface area contributed by atoms with E-state index < -0.39 is 0 Å². The van der Waals surface area contributed by atoms with E-state index in [0.29, 0.717) is 11.3 Å². The molecule has 0 saturated heterocycles. The van der Waals surface area contributed by atoms with Gasteiger partial charge in [0.2, 0.25) is 5.78 Å². The molecule has 15 heavy (non-hydrogen) atoms. The number of aryl methyl sites for hydroxylation is 2. The maximum Gasteiger partial charge on any atom is 0.228 e. The summed E-state index contributed by atoms with van der Waals surface area (Å²) < 4.78 is 5.16. The first-order valence-corrected chi connectivity index (χ1v) is 4.84. The first kappa shape index (κ1) is 9.71. The molecule has 2 rings (SSSR count). The molecule has 0 aliphatic rings. The molecule has 1 heterocycles. The third kappa shape index (κ3) is 1.84. The third-order valence-electron chi connectivity index (χ3n) is 2.38. The molecule has 0 aliphatic heterocycles. The Balaban J connectivity index is 2.37. The molecule has 2 aromatic rings. The Morgan fingerprint density at radius 3 is 2.27 bits per heavy atom. The molecule has 0 amide bonds. The maximum absolute atomic E-state index is 11.9. The summed E-state index contributed by atoms with van der Waals surface area (Å²) in [6, 6.07) is 9.28. The van der Waals surface area contributed by atoms with Gasteiger partial charge in [-0.2, -0.15) is 0 Å². The number of carbonyl (C=O) groups is 1. The summed E-state index contributed by atoms with van der Waals surface area (Å²) in [4.78, 5) is 11.9. The van der Waals surface area contributed by atoms with E-state index >= 15 is 0 Å². The van der Waals surface area contributed by atoms with E-state index in [0.717, 1.165) is 11.1 Å². The van der Waals surface area contributed by atoms with Gasteiger partial charge in [-0.25, -0.2) is 0 Å². The van der Waals surface area contributed by atoms with Crippen LogP contribution in [0.25, 0.3) is 0 Å². The van der Waals surface area contributed by atoms with Crippen molar-refractivity contribution in [3.63, 3.8) is 0 Å². The zero-order valence-corrected chi connectivity index (χ0v) is 8.78. The van der Waals surface area contributed by atoms with Gasteiger partial charge in [-0.15, -0.1) is 0 Å². The van der Waals surface area contributed by atoms with Crippen molar-refractivity contribution >= 4 is 5.78 Å². The molecule has 1 aromatic carbocycles. The molecule has 2 heteroatoms. The lowest BCUT2D eigenvalue weighted by molar-refractivity contribution is 0.101. The lowest BCUT2D eigenvalue weighted by atomic mass is 10.1. The summed E-state index contributed by atoms with van der Waals surface area (Å²) in [6.45, 7) is 3.86. The Bertz CT molecular complexity index is 477. The minimum atomic E-state index is -0.0579. The summed E-state index contributed by atoms with van der Waals surface area (Å²) >= 11 is 0. The van der Waals surface area contributed by atoms with E-state index in [-0.39, 0.29) is 5.78 Å². The molecular weight excluding hydrogens is 188 g/mol. The van der Waals surface area contributed by atoms with Crippen LogP contribution in [0.3, 0.4) is 0 Å². The average Bonchev–Trinajstić information content (AvgIpc) is 2.65. The molecular formula is C13H12O2. The fourth-order valence-electron chi connectivity index (χ4n) is 1.44. The second-order valence-corrected chi connectivity index (χ2v) is 3.63. The van der Waals surface area contributed by atoms with Crippen LogP contribution in [0.5, 0.6) is 0 Å². The van der Waals surface area contributed by atoms with Gasteiger partial charge in [0.1, 0.15) is 0 Å². The summed E-state index contributed by atoms with van der Waals surface area (Å²) in [7, 11) is 0. The normalized spacial score (nSPS) is 10.3. The van der Waals surface area contributed by atoms with Crippen molar-refractivity contribution in [1.82, 2.24) is 0 Å². The van der Waals surface area contributed by atoms with Gasteiger partial charge in [-0.3, -0.25) is 4.79 Å². The van der Waals surface area contributed by atoms with Crippen LogP contribution < -0.4 is 0 Å². The maximum atomic E-state index is 11.9. The second kappa shape index (κ2) is 3.73. The summed E-state index contributed by atoms with van der Waals surface area (Å²) in [5.74, 6) is 0.372. The van der Waals surface area contributed by atoms with Gasteiger partial charge in [0.15, 0.2) is 5.76 Å². The zero-order chi connectivity index (χ0) is 10.8. The van der Waals surface area contributed by atoms with Crippen LogP contribution in [0.1, 0.15) is 27.2 Å². The number of carbonyl (C=O) groups excluding carboxylic acids is 1. The van der Waals surface area contributed by atoms with Crippen LogP contribution in [0.4, 0.5) is 0 Å². The number of benzene rings is 1. The lowest BCUT2D eigenvalue weighted by Gasteiger charge is -1.99. The summed E-state index contributed by atoms with van der Waals surface area (Å²) in [6.07, 6.45) is 1.54. The van der Waals surface area contributed by atoms with Crippen LogP contribution in [-0.4, -0.2) is 5.78 Å².